The summed E-state index contributed by atoms with van der Waals surface area (Å²) in [5.74, 6) is -4.71. The summed E-state index contributed by atoms with van der Waals surface area (Å²) in [5.41, 5.74) is -0.181. The van der Waals surface area contributed by atoms with Crippen molar-refractivity contribution in [3.63, 3.8) is 0 Å². The van der Waals surface area contributed by atoms with E-state index in [9.17, 15) is 42.5 Å². The monoisotopic (exact) mass is 494 g/mol. The maximum atomic E-state index is 13.0. The first-order chi connectivity index (χ1) is 16.5. The highest BCUT2D eigenvalue weighted by atomic mass is 19.4. The summed E-state index contributed by atoms with van der Waals surface area (Å²) in [6.45, 7) is -1.24. The quantitative estimate of drug-likeness (QED) is 0.341. The van der Waals surface area contributed by atoms with Crippen molar-refractivity contribution in [2.75, 3.05) is 18.5 Å². The highest BCUT2D eigenvalue weighted by Crippen LogP contribution is 2.34. The number of para-hydroxylation sites is 2. The smallest absolute Gasteiger partial charge is 0.418 e. The van der Waals surface area contributed by atoms with Crippen molar-refractivity contribution in [2.24, 2.45) is 5.92 Å². The Morgan fingerprint density at radius 2 is 1.77 bits per heavy atom. The third-order valence-electron chi connectivity index (χ3n) is 4.89. The van der Waals surface area contributed by atoms with Crippen molar-refractivity contribution in [1.29, 1.82) is 0 Å². The maximum absolute atomic E-state index is 13.0. The van der Waals surface area contributed by atoms with Crippen molar-refractivity contribution in [1.82, 2.24) is 10.4 Å². The van der Waals surface area contributed by atoms with Crippen molar-refractivity contribution in [2.45, 2.75) is 12.6 Å². The molecule has 0 aromatic heterocycles. The Morgan fingerprint density at radius 3 is 2.46 bits per heavy atom. The number of anilines is 1. The number of hydrazine groups is 1. The lowest BCUT2D eigenvalue weighted by molar-refractivity contribution is -0.385. The molecule has 1 aliphatic rings. The summed E-state index contributed by atoms with van der Waals surface area (Å²) in [4.78, 5) is 59.1. The number of ether oxygens (including phenoxy) is 1. The Kier molecular flexibility index (Phi) is 7.32. The van der Waals surface area contributed by atoms with Gasteiger partial charge in [-0.2, -0.15) is 13.2 Å². The van der Waals surface area contributed by atoms with Gasteiger partial charge in [0.15, 0.2) is 6.61 Å². The van der Waals surface area contributed by atoms with Crippen LogP contribution in [0.1, 0.15) is 22.3 Å². The molecule has 3 amide bonds. The number of nitro benzene ring substituents is 1. The molecule has 0 aliphatic carbocycles. The van der Waals surface area contributed by atoms with E-state index in [1.54, 1.807) is 0 Å². The van der Waals surface area contributed by atoms with E-state index in [1.165, 1.54) is 24.3 Å². The van der Waals surface area contributed by atoms with Crippen LogP contribution in [0.4, 0.5) is 24.5 Å². The number of alkyl halides is 3. The zero-order valence-corrected chi connectivity index (χ0v) is 17.7. The zero-order valence-electron chi connectivity index (χ0n) is 17.7. The second-order valence-electron chi connectivity index (χ2n) is 7.32. The molecule has 3 rings (SSSR count). The molecular weight excluding hydrogens is 477 g/mol. The van der Waals surface area contributed by atoms with Crippen LogP contribution in [0.25, 0.3) is 0 Å². The lowest BCUT2D eigenvalue weighted by Gasteiger charge is -2.17. The van der Waals surface area contributed by atoms with Crippen LogP contribution in [0.15, 0.2) is 48.5 Å². The number of carbonyl (C=O) groups is 4. The minimum absolute atomic E-state index is 0.299. The molecule has 0 unspecified atom stereocenters. The summed E-state index contributed by atoms with van der Waals surface area (Å²) in [6, 6.07) is 9.30. The number of amides is 3. The first-order valence-electron chi connectivity index (χ1n) is 9.95. The second kappa shape index (κ2) is 10.2. The fourth-order valence-electron chi connectivity index (χ4n) is 3.26. The van der Waals surface area contributed by atoms with E-state index in [0.29, 0.717) is 0 Å². The summed E-state index contributed by atoms with van der Waals surface area (Å²) in [6.07, 6.45) is -5.09. The molecule has 0 saturated carbocycles. The molecule has 2 aromatic rings. The van der Waals surface area contributed by atoms with Gasteiger partial charge < -0.3 is 10.1 Å². The van der Waals surface area contributed by atoms with Gasteiger partial charge in [0.1, 0.15) is 5.56 Å². The second-order valence-corrected chi connectivity index (χ2v) is 7.32. The minimum atomic E-state index is -4.71. The normalized spacial score (nSPS) is 15.5. The van der Waals surface area contributed by atoms with Gasteiger partial charge in [0.05, 0.1) is 28.6 Å². The van der Waals surface area contributed by atoms with E-state index < -0.39 is 64.3 Å². The first kappa shape index (κ1) is 25.1. The largest absolute Gasteiger partial charge is 0.455 e. The van der Waals surface area contributed by atoms with Gasteiger partial charge in [-0.3, -0.25) is 39.7 Å². The molecule has 0 radical (unpaired) electrons. The fourth-order valence-corrected chi connectivity index (χ4v) is 3.26. The predicted molar refractivity (Wildman–Crippen MR) is 111 cm³/mol. The third kappa shape index (κ3) is 6.10. The maximum Gasteiger partial charge on any atom is 0.418 e. The van der Waals surface area contributed by atoms with E-state index in [-0.39, 0.29) is 18.5 Å². The van der Waals surface area contributed by atoms with Crippen molar-refractivity contribution >= 4 is 35.1 Å². The highest BCUT2D eigenvalue weighted by Gasteiger charge is 2.38. The molecule has 0 spiro atoms. The number of nitrogens with zero attached hydrogens (tertiary/aromatic N) is 2. The Balaban J connectivity index is 1.55. The number of hydrogen-bond donors (Lipinski definition) is 2. The highest BCUT2D eigenvalue weighted by molar-refractivity contribution is 5.99. The summed E-state index contributed by atoms with van der Waals surface area (Å²) in [5, 5.41) is 13.9. The van der Waals surface area contributed by atoms with E-state index >= 15 is 0 Å². The van der Waals surface area contributed by atoms with Crippen LogP contribution in [0.2, 0.25) is 0 Å². The number of benzene rings is 2. The molecule has 1 heterocycles. The standard InChI is InChI=1S/C21H17F3N4O7/c22-21(23,24)14-6-2-3-7-15(14)25-17(29)11-35-20(32)12-9-18(30)27(10-12)26-19(31)13-5-1-4-8-16(13)28(33)34/h1-8,12H,9-11H2,(H,25,29)(H,26,31)/t12-/m1/s1. The average molecular weight is 494 g/mol. The molecule has 2 N–H and O–H groups in total. The van der Waals surface area contributed by atoms with Gasteiger partial charge in [0.25, 0.3) is 17.5 Å². The van der Waals surface area contributed by atoms with E-state index in [2.05, 4.69) is 5.43 Å². The van der Waals surface area contributed by atoms with Crippen molar-refractivity contribution in [3.05, 3.63) is 69.8 Å². The van der Waals surface area contributed by atoms with Gasteiger partial charge in [-0.05, 0) is 18.2 Å². The number of halogens is 3. The number of hydrogen-bond acceptors (Lipinski definition) is 7. The molecule has 11 nitrogen and oxygen atoms in total. The van der Waals surface area contributed by atoms with Crippen LogP contribution >= 0.6 is 0 Å². The molecule has 1 aliphatic heterocycles. The van der Waals surface area contributed by atoms with Gasteiger partial charge in [-0.15, -0.1) is 0 Å². The SMILES string of the molecule is O=C(COC(=O)[C@@H]1CC(=O)N(NC(=O)c2ccccc2[N+](=O)[O-])C1)Nc1ccccc1C(F)(F)F. The molecule has 1 fully saturated rings. The lowest BCUT2D eigenvalue weighted by Crippen LogP contribution is -2.43. The number of esters is 1. The molecule has 14 heteroatoms. The zero-order chi connectivity index (χ0) is 25.8. The third-order valence-corrected chi connectivity index (χ3v) is 4.89. The molecule has 2 aromatic carbocycles. The molecule has 35 heavy (non-hydrogen) atoms. The number of nitrogens with one attached hydrogen (secondary N) is 2. The molecule has 184 valence electrons. The van der Waals surface area contributed by atoms with Crippen molar-refractivity contribution in [3.8, 4) is 0 Å². The van der Waals surface area contributed by atoms with Crippen LogP contribution in [-0.2, 0) is 25.3 Å². The lowest BCUT2D eigenvalue weighted by atomic mass is 10.1. The minimum Gasteiger partial charge on any atom is -0.455 e. The van der Waals surface area contributed by atoms with Gasteiger partial charge in [-0.1, -0.05) is 24.3 Å². The van der Waals surface area contributed by atoms with E-state index in [1.807, 2.05) is 5.32 Å². The fraction of sp³-hybridized carbons (Fsp3) is 0.238. The van der Waals surface area contributed by atoms with Crippen LogP contribution in [0, 0.1) is 16.0 Å². The van der Waals surface area contributed by atoms with E-state index in [0.717, 1.165) is 29.3 Å². The molecule has 1 saturated heterocycles. The van der Waals surface area contributed by atoms with Crippen LogP contribution < -0.4 is 10.7 Å². The van der Waals surface area contributed by atoms with E-state index in [4.69, 9.17) is 4.74 Å². The topological polar surface area (TPSA) is 148 Å². The first-order valence-corrected chi connectivity index (χ1v) is 9.95. The van der Waals surface area contributed by atoms with Crippen LogP contribution in [-0.4, -0.2) is 46.8 Å². The Labute approximate surface area is 195 Å². The van der Waals surface area contributed by atoms with Crippen LogP contribution in [0.3, 0.4) is 0 Å². The molecular formula is C21H17F3N4O7. The Morgan fingerprint density at radius 1 is 1.11 bits per heavy atom. The number of carbonyl (C=O) groups excluding carboxylic acids is 4. The van der Waals surface area contributed by atoms with Gasteiger partial charge >= 0.3 is 12.1 Å². The molecule has 1 atom stereocenters. The Hall–Kier alpha value is -4.49. The van der Waals surface area contributed by atoms with Crippen molar-refractivity contribution < 1.29 is 42.0 Å². The average Bonchev–Trinajstić information content (AvgIpc) is 3.17. The van der Waals surface area contributed by atoms with Gasteiger partial charge in [-0.25, -0.2) is 0 Å². The predicted octanol–water partition coefficient (Wildman–Crippen LogP) is 2.29. The number of nitro groups is 1. The van der Waals surface area contributed by atoms with Gasteiger partial charge in [0, 0.05) is 12.5 Å². The van der Waals surface area contributed by atoms with Crippen LogP contribution in [0.5, 0.6) is 0 Å². The summed E-state index contributed by atoms with van der Waals surface area (Å²) < 4.78 is 43.9. The summed E-state index contributed by atoms with van der Waals surface area (Å²) in [7, 11) is 0. The Bertz CT molecular complexity index is 1190. The molecule has 0 bridgehead atoms. The van der Waals surface area contributed by atoms with Gasteiger partial charge in [0.2, 0.25) is 5.91 Å². The summed E-state index contributed by atoms with van der Waals surface area (Å²) >= 11 is 0. The number of rotatable bonds is 7.